The molecule has 0 rings (SSSR count). The molecule has 69 heavy (non-hydrogen) atoms. The van der Waals surface area contributed by atoms with Crippen LogP contribution in [-0.4, -0.2) is 37.2 Å². The lowest BCUT2D eigenvalue weighted by Crippen LogP contribution is -2.30. The highest BCUT2D eigenvalue weighted by atomic mass is 16.6. The molecule has 0 aromatic carbocycles. The monoisotopic (exact) mass is 961 g/mol. The van der Waals surface area contributed by atoms with Crippen molar-refractivity contribution in [1.29, 1.82) is 0 Å². The smallest absolute Gasteiger partial charge is 0.306 e. The molecule has 0 heterocycles. The molecule has 6 nitrogen and oxygen atoms in total. The highest BCUT2D eigenvalue weighted by Crippen LogP contribution is 2.16. The second kappa shape index (κ2) is 57.2. The van der Waals surface area contributed by atoms with Crippen LogP contribution >= 0.6 is 0 Å². The maximum Gasteiger partial charge on any atom is 0.306 e. The van der Waals surface area contributed by atoms with Gasteiger partial charge >= 0.3 is 17.9 Å². The Morgan fingerprint density at radius 1 is 0.304 bits per heavy atom. The summed E-state index contributed by atoms with van der Waals surface area (Å²) in [6, 6.07) is 0. The number of allylic oxidation sites excluding steroid dienone is 14. The first-order valence-corrected chi connectivity index (χ1v) is 29.1. The van der Waals surface area contributed by atoms with Crippen LogP contribution in [0, 0.1) is 0 Å². The molecular weight excluding hydrogens is 853 g/mol. The lowest BCUT2D eigenvalue weighted by atomic mass is 10.0. The molecule has 0 aromatic rings. The van der Waals surface area contributed by atoms with E-state index in [0.29, 0.717) is 19.3 Å². The van der Waals surface area contributed by atoms with Crippen molar-refractivity contribution in [3.05, 3.63) is 85.1 Å². The SMILES string of the molecule is CC/C=C\C/C=C\C/C=C\C/C=C\C/C=C\CCCCCC(=O)OCC(COC(=O)CC/C=C\C/C=C\CCCCCCCC)OC(=O)CCCCCCCCCCCCCCCCCCCCC. The van der Waals surface area contributed by atoms with E-state index in [1.165, 1.54) is 141 Å². The highest BCUT2D eigenvalue weighted by Gasteiger charge is 2.19. The summed E-state index contributed by atoms with van der Waals surface area (Å²) in [5, 5.41) is 0. The summed E-state index contributed by atoms with van der Waals surface area (Å²) in [4.78, 5) is 38.1. The van der Waals surface area contributed by atoms with Crippen molar-refractivity contribution < 1.29 is 28.6 Å². The van der Waals surface area contributed by atoms with Crippen LogP contribution in [-0.2, 0) is 28.6 Å². The summed E-state index contributed by atoms with van der Waals surface area (Å²) in [7, 11) is 0. The van der Waals surface area contributed by atoms with Gasteiger partial charge in [-0.25, -0.2) is 0 Å². The Morgan fingerprint density at radius 2 is 0.594 bits per heavy atom. The van der Waals surface area contributed by atoms with E-state index >= 15 is 0 Å². The van der Waals surface area contributed by atoms with Crippen LogP contribution in [0.2, 0.25) is 0 Å². The van der Waals surface area contributed by atoms with Crippen LogP contribution in [0.5, 0.6) is 0 Å². The van der Waals surface area contributed by atoms with Gasteiger partial charge in [-0.1, -0.05) is 260 Å². The number of carbonyl (C=O) groups is 3. The largest absolute Gasteiger partial charge is 0.462 e. The van der Waals surface area contributed by atoms with Gasteiger partial charge in [0.25, 0.3) is 0 Å². The van der Waals surface area contributed by atoms with E-state index in [1.54, 1.807) is 0 Å². The first kappa shape index (κ1) is 65.6. The van der Waals surface area contributed by atoms with Gasteiger partial charge < -0.3 is 14.2 Å². The Morgan fingerprint density at radius 3 is 0.986 bits per heavy atom. The fraction of sp³-hybridized carbons (Fsp3) is 0.730. The second-order valence-electron chi connectivity index (χ2n) is 19.2. The third kappa shape index (κ3) is 55.4. The van der Waals surface area contributed by atoms with Crippen LogP contribution in [0.15, 0.2) is 85.1 Å². The van der Waals surface area contributed by atoms with Crippen molar-refractivity contribution in [2.24, 2.45) is 0 Å². The molecule has 0 aromatic heterocycles. The molecule has 0 amide bonds. The number of unbranched alkanes of at least 4 members (excludes halogenated alkanes) is 27. The predicted molar refractivity (Wildman–Crippen MR) is 297 cm³/mol. The van der Waals surface area contributed by atoms with Crippen LogP contribution in [0.4, 0.5) is 0 Å². The Labute approximate surface area is 426 Å². The molecule has 396 valence electrons. The third-order valence-electron chi connectivity index (χ3n) is 12.4. The number of rotatable bonds is 52. The zero-order valence-corrected chi connectivity index (χ0v) is 45.3. The number of ether oxygens (including phenoxy) is 3. The molecule has 0 aliphatic carbocycles. The van der Waals surface area contributed by atoms with E-state index in [9.17, 15) is 14.4 Å². The van der Waals surface area contributed by atoms with Crippen molar-refractivity contribution in [1.82, 2.24) is 0 Å². The fourth-order valence-corrected chi connectivity index (χ4v) is 8.05. The van der Waals surface area contributed by atoms with Gasteiger partial charge in [0.1, 0.15) is 13.2 Å². The standard InChI is InChI=1S/C63H108O6/c1-4-7-10-13-16-19-22-25-27-29-31-33-35-38-41-44-47-50-53-56-62(65)68-59-60(58-67-61(64)55-52-49-46-43-40-37-24-21-18-15-12-9-6-3)69-63(66)57-54-51-48-45-42-39-36-34-32-30-28-26-23-20-17-14-11-8-5-2/h7,10,16,19,25,27,31,33,37-38,40-41,46,49,60H,4-6,8-9,11-15,17-18,20-24,26,28-30,32,34-36,39,42-45,47-48,50-59H2,1-3H3/b10-7-,19-16-,27-25-,33-31-,40-37-,41-38-,49-46-. The molecule has 1 atom stereocenters. The number of carbonyl (C=O) groups excluding carboxylic acids is 3. The highest BCUT2D eigenvalue weighted by molar-refractivity contribution is 5.71. The van der Waals surface area contributed by atoms with Gasteiger partial charge in [0.2, 0.25) is 0 Å². The summed E-state index contributed by atoms with van der Waals surface area (Å²) in [5.74, 6) is -0.999. The molecule has 0 saturated heterocycles. The minimum Gasteiger partial charge on any atom is -0.462 e. The lowest BCUT2D eigenvalue weighted by molar-refractivity contribution is -0.166. The molecule has 0 aliphatic rings. The summed E-state index contributed by atoms with van der Waals surface area (Å²) < 4.78 is 16.8. The maximum atomic E-state index is 12.9. The van der Waals surface area contributed by atoms with Gasteiger partial charge in [0, 0.05) is 19.3 Å². The Bertz CT molecular complexity index is 1330. The minimum absolute atomic E-state index is 0.109. The van der Waals surface area contributed by atoms with Crippen LogP contribution in [0.1, 0.15) is 278 Å². The minimum atomic E-state index is -0.812. The average molecular weight is 962 g/mol. The molecule has 0 N–H and O–H groups in total. The van der Waals surface area contributed by atoms with E-state index < -0.39 is 6.10 Å². The topological polar surface area (TPSA) is 78.9 Å². The van der Waals surface area contributed by atoms with Crippen molar-refractivity contribution >= 4 is 17.9 Å². The van der Waals surface area contributed by atoms with Crippen LogP contribution < -0.4 is 0 Å². The zero-order valence-electron chi connectivity index (χ0n) is 45.3. The van der Waals surface area contributed by atoms with Crippen LogP contribution in [0.3, 0.4) is 0 Å². The van der Waals surface area contributed by atoms with Crippen molar-refractivity contribution in [2.45, 2.75) is 284 Å². The van der Waals surface area contributed by atoms with E-state index in [4.69, 9.17) is 14.2 Å². The van der Waals surface area contributed by atoms with Crippen molar-refractivity contribution in [3.8, 4) is 0 Å². The second-order valence-corrected chi connectivity index (χ2v) is 19.2. The summed E-state index contributed by atoms with van der Waals surface area (Å²) >= 11 is 0. The van der Waals surface area contributed by atoms with E-state index in [0.717, 1.165) is 89.9 Å². The van der Waals surface area contributed by atoms with E-state index in [1.807, 2.05) is 6.08 Å². The number of esters is 3. The summed E-state index contributed by atoms with van der Waals surface area (Å²) in [6.45, 7) is 6.46. The van der Waals surface area contributed by atoms with Crippen molar-refractivity contribution in [2.75, 3.05) is 13.2 Å². The normalized spacial score (nSPS) is 12.7. The lowest BCUT2D eigenvalue weighted by Gasteiger charge is -2.18. The molecule has 0 aliphatic heterocycles. The molecule has 0 spiro atoms. The zero-order chi connectivity index (χ0) is 50.0. The quantitative estimate of drug-likeness (QED) is 0.0262. The molecule has 0 saturated carbocycles. The molecule has 1 unspecified atom stereocenters. The number of hydrogen-bond donors (Lipinski definition) is 0. The van der Waals surface area contributed by atoms with E-state index in [2.05, 4.69) is 99.8 Å². The first-order chi connectivity index (χ1) is 34.0. The van der Waals surface area contributed by atoms with Gasteiger partial charge in [-0.2, -0.15) is 0 Å². The predicted octanol–water partition coefficient (Wildman–Crippen LogP) is 19.5. The fourth-order valence-electron chi connectivity index (χ4n) is 8.05. The average Bonchev–Trinajstić information content (AvgIpc) is 3.35. The molecule has 6 heteroatoms. The van der Waals surface area contributed by atoms with Gasteiger partial charge in [-0.05, 0) is 83.5 Å². The van der Waals surface area contributed by atoms with Crippen molar-refractivity contribution in [3.63, 3.8) is 0 Å². The third-order valence-corrected chi connectivity index (χ3v) is 12.4. The van der Waals surface area contributed by atoms with Crippen LogP contribution in [0.25, 0.3) is 0 Å². The first-order valence-electron chi connectivity index (χ1n) is 29.1. The van der Waals surface area contributed by atoms with Gasteiger partial charge in [-0.15, -0.1) is 0 Å². The van der Waals surface area contributed by atoms with Gasteiger partial charge in [0.05, 0.1) is 0 Å². The summed E-state index contributed by atoms with van der Waals surface area (Å²) in [6.07, 6.45) is 74.5. The summed E-state index contributed by atoms with van der Waals surface area (Å²) in [5.41, 5.74) is 0. The Kier molecular flexibility index (Phi) is 54.3. The maximum absolute atomic E-state index is 12.9. The molecule has 0 radical (unpaired) electrons. The number of hydrogen-bond acceptors (Lipinski definition) is 6. The Hall–Kier alpha value is -3.41. The molecule has 0 fully saturated rings. The Balaban J connectivity index is 4.45. The van der Waals surface area contributed by atoms with E-state index in [-0.39, 0.29) is 37.5 Å². The molecule has 0 bridgehead atoms. The van der Waals surface area contributed by atoms with Gasteiger partial charge in [0.15, 0.2) is 6.10 Å². The molecular formula is C63H108O6. The van der Waals surface area contributed by atoms with Gasteiger partial charge in [-0.3, -0.25) is 14.4 Å².